The van der Waals surface area contributed by atoms with Crippen LogP contribution >= 0.6 is 0 Å². The maximum Gasteiger partial charge on any atom is 0.409 e. The highest BCUT2D eigenvalue weighted by atomic mass is 28.3. The van der Waals surface area contributed by atoms with E-state index in [2.05, 4.69) is 19.6 Å². The van der Waals surface area contributed by atoms with Crippen LogP contribution < -0.4 is 0 Å². The molecule has 0 aromatic rings. The highest BCUT2D eigenvalue weighted by Crippen LogP contribution is 2.25. The van der Waals surface area contributed by atoms with Crippen LogP contribution in [0.5, 0.6) is 0 Å². The minimum atomic E-state index is -1.22. The molecule has 23 heavy (non-hydrogen) atoms. The molecule has 0 aliphatic heterocycles. The van der Waals surface area contributed by atoms with Gasteiger partial charge in [-0.3, -0.25) is 0 Å². The second-order valence-electron chi connectivity index (χ2n) is 7.78. The summed E-state index contributed by atoms with van der Waals surface area (Å²) in [4.78, 5) is 26.6. The summed E-state index contributed by atoms with van der Waals surface area (Å²) in [5, 5.41) is 9.48. The first kappa shape index (κ1) is 19.8. The molecule has 1 unspecified atom stereocenters. The van der Waals surface area contributed by atoms with Crippen molar-refractivity contribution in [3.8, 4) is 0 Å². The van der Waals surface area contributed by atoms with Crippen LogP contribution in [0.3, 0.4) is 0 Å². The van der Waals surface area contributed by atoms with Crippen molar-refractivity contribution in [1.82, 2.24) is 9.80 Å². The Balaban J connectivity index is 2.48. The fourth-order valence-electron chi connectivity index (χ4n) is 3.00. The van der Waals surface area contributed by atoms with Gasteiger partial charge in [0.15, 0.2) is 0 Å². The van der Waals surface area contributed by atoms with Crippen molar-refractivity contribution >= 4 is 20.3 Å². The molecule has 0 aromatic carbocycles. The Morgan fingerprint density at radius 1 is 1.26 bits per heavy atom. The van der Waals surface area contributed by atoms with Gasteiger partial charge in [0.2, 0.25) is 0 Å². The zero-order valence-corrected chi connectivity index (χ0v) is 16.2. The number of likely N-dealkylation sites (N-methyl/N-ethyl adjacent to an activating group) is 1. The largest absolute Gasteiger partial charge is 0.465 e. The smallest absolute Gasteiger partial charge is 0.409 e. The van der Waals surface area contributed by atoms with Crippen LogP contribution in [-0.4, -0.2) is 67.4 Å². The third-order valence-corrected chi connectivity index (χ3v) is 6.05. The van der Waals surface area contributed by atoms with E-state index < -0.39 is 14.2 Å². The van der Waals surface area contributed by atoms with Crippen molar-refractivity contribution in [3.63, 3.8) is 0 Å². The maximum absolute atomic E-state index is 12.0. The monoisotopic (exact) mass is 344 g/mol. The normalized spacial score (nSPS) is 16.9. The van der Waals surface area contributed by atoms with Crippen molar-refractivity contribution < 1.29 is 19.4 Å². The number of carbonyl (C=O) groups excluding carboxylic acids is 1. The van der Waals surface area contributed by atoms with E-state index in [9.17, 15) is 14.7 Å². The molecular weight excluding hydrogens is 312 g/mol. The van der Waals surface area contributed by atoms with Crippen molar-refractivity contribution in [2.45, 2.75) is 70.4 Å². The molecule has 1 saturated carbocycles. The Morgan fingerprint density at radius 3 is 2.30 bits per heavy atom. The van der Waals surface area contributed by atoms with E-state index in [0.29, 0.717) is 13.2 Å². The average Bonchev–Trinajstić information content (AvgIpc) is 2.90. The number of nitrogens with zero attached hydrogens (tertiary/aromatic N) is 2. The topological polar surface area (TPSA) is 70.1 Å². The van der Waals surface area contributed by atoms with Gasteiger partial charge in [0.05, 0.1) is 12.6 Å². The highest BCUT2D eigenvalue weighted by molar-refractivity contribution is 6.76. The minimum Gasteiger partial charge on any atom is -0.465 e. The summed E-state index contributed by atoms with van der Waals surface area (Å²) >= 11 is 0. The van der Waals surface area contributed by atoms with Crippen LogP contribution in [0.25, 0.3) is 0 Å². The van der Waals surface area contributed by atoms with E-state index in [0.717, 1.165) is 31.7 Å². The SMILES string of the molecule is CC(CN(C)C(=O)OCC[Si](C)(C)C)N(C(=O)O)C1CCCC1. The van der Waals surface area contributed by atoms with Gasteiger partial charge in [0, 0.05) is 27.7 Å². The third-order valence-electron chi connectivity index (χ3n) is 4.34. The van der Waals surface area contributed by atoms with E-state index in [1.165, 1.54) is 9.80 Å². The van der Waals surface area contributed by atoms with E-state index in [1.54, 1.807) is 7.05 Å². The fourth-order valence-corrected chi connectivity index (χ4v) is 3.72. The van der Waals surface area contributed by atoms with E-state index in [1.807, 2.05) is 6.92 Å². The summed E-state index contributed by atoms with van der Waals surface area (Å²) in [6.07, 6.45) is 2.73. The zero-order chi connectivity index (χ0) is 17.6. The van der Waals surface area contributed by atoms with Gasteiger partial charge in [0.1, 0.15) is 0 Å². The second-order valence-corrected chi connectivity index (χ2v) is 13.4. The first-order valence-electron chi connectivity index (χ1n) is 8.51. The van der Waals surface area contributed by atoms with Crippen molar-refractivity contribution in [1.29, 1.82) is 0 Å². The van der Waals surface area contributed by atoms with Gasteiger partial charge in [-0.2, -0.15) is 0 Å². The van der Waals surface area contributed by atoms with Gasteiger partial charge >= 0.3 is 12.2 Å². The van der Waals surface area contributed by atoms with Gasteiger partial charge in [-0.05, 0) is 25.8 Å². The molecule has 0 radical (unpaired) electrons. The van der Waals surface area contributed by atoms with Crippen LogP contribution in [0.2, 0.25) is 25.7 Å². The molecule has 6 nitrogen and oxygen atoms in total. The molecule has 1 aliphatic carbocycles. The summed E-state index contributed by atoms with van der Waals surface area (Å²) in [6, 6.07) is 0.787. The molecule has 0 aromatic heterocycles. The molecular formula is C16H32N2O4Si. The predicted octanol–water partition coefficient (Wildman–Crippen LogP) is 3.70. The standard InChI is InChI=1S/C16H32N2O4Si/c1-13(18(15(19)20)14-8-6-7-9-14)12-17(2)16(21)22-10-11-23(3,4)5/h13-14H,6-12H2,1-5H3,(H,19,20). The molecule has 134 valence electrons. The molecule has 0 bridgehead atoms. The molecule has 1 N–H and O–H groups in total. The number of amides is 2. The van der Waals surface area contributed by atoms with Crippen LogP contribution in [0.15, 0.2) is 0 Å². The number of carbonyl (C=O) groups is 2. The van der Waals surface area contributed by atoms with Gasteiger partial charge in [0.25, 0.3) is 0 Å². The zero-order valence-electron chi connectivity index (χ0n) is 15.2. The highest BCUT2D eigenvalue weighted by Gasteiger charge is 2.31. The van der Waals surface area contributed by atoms with E-state index in [-0.39, 0.29) is 18.2 Å². The Labute approximate surface area is 140 Å². The van der Waals surface area contributed by atoms with Crippen molar-refractivity contribution in [3.05, 3.63) is 0 Å². The molecule has 0 saturated heterocycles. The molecule has 2 amide bonds. The first-order chi connectivity index (χ1) is 10.6. The minimum absolute atomic E-state index is 0.0822. The molecule has 7 heteroatoms. The van der Waals surface area contributed by atoms with Gasteiger partial charge in [-0.1, -0.05) is 32.5 Å². The Kier molecular flexibility index (Phi) is 7.37. The molecule has 1 rings (SSSR count). The lowest BCUT2D eigenvalue weighted by atomic mass is 10.1. The summed E-state index contributed by atoms with van der Waals surface area (Å²) in [5.74, 6) is 0. The predicted molar refractivity (Wildman–Crippen MR) is 93.7 cm³/mol. The van der Waals surface area contributed by atoms with Crippen LogP contribution in [-0.2, 0) is 4.74 Å². The maximum atomic E-state index is 12.0. The molecule has 0 spiro atoms. The lowest BCUT2D eigenvalue weighted by molar-refractivity contribution is 0.0787. The second kappa shape index (κ2) is 8.56. The van der Waals surface area contributed by atoms with Crippen LogP contribution in [0.1, 0.15) is 32.6 Å². The summed E-state index contributed by atoms with van der Waals surface area (Å²) in [5.41, 5.74) is 0. The molecule has 1 aliphatic rings. The number of rotatable bonds is 7. The van der Waals surface area contributed by atoms with Crippen LogP contribution in [0, 0.1) is 0 Å². The van der Waals surface area contributed by atoms with Gasteiger partial charge in [-0.15, -0.1) is 0 Å². The Hall–Kier alpha value is -1.24. The molecule has 0 heterocycles. The average molecular weight is 345 g/mol. The third kappa shape index (κ3) is 6.81. The van der Waals surface area contributed by atoms with Crippen molar-refractivity contribution in [2.24, 2.45) is 0 Å². The Morgan fingerprint density at radius 2 is 1.83 bits per heavy atom. The number of ether oxygens (including phenoxy) is 1. The molecule has 1 atom stereocenters. The molecule has 1 fully saturated rings. The lowest BCUT2D eigenvalue weighted by Gasteiger charge is -2.34. The van der Waals surface area contributed by atoms with Gasteiger partial charge < -0.3 is 19.6 Å². The van der Waals surface area contributed by atoms with Gasteiger partial charge in [-0.25, -0.2) is 9.59 Å². The van der Waals surface area contributed by atoms with E-state index in [4.69, 9.17) is 4.74 Å². The fraction of sp³-hybridized carbons (Fsp3) is 0.875. The quantitative estimate of drug-likeness (QED) is 0.715. The lowest BCUT2D eigenvalue weighted by Crippen LogP contribution is -2.49. The first-order valence-corrected chi connectivity index (χ1v) is 12.2. The summed E-state index contributed by atoms with van der Waals surface area (Å²) in [6.45, 7) is 9.36. The van der Waals surface area contributed by atoms with Crippen molar-refractivity contribution in [2.75, 3.05) is 20.2 Å². The number of hydrogen-bond acceptors (Lipinski definition) is 3. The Bertz CT molecular complexity index is 405. The summed E-state index contributed by atoms with van der Waals surface area (Å²) < 4.78 is 5.30. The number of carboxylic acid groups (broad SMARTS) is 1. The van der Waals surface area contributed by atoms with Crippen LogP contribution in [0.4, 0.5) is 9.59 Å². The van der Waals surface area contributed by atoms with E-state index >= 15 is 0 Å². The number of hydrogen-bond donors (Lipinski definition) is 1. The summed E-state index contributed by atoms with van der Waals surface area (Å²) in [7, 11) is 0.446.